The lowest BCUT2D eigenvalue weighted by Crippen LogP contribution is -2.41. The second-order valence-corrected chi connectivity index (χ2v) is 9.25. The highest BCUT2D eigenvalue weighted by molar-refractivity contribution is 6.62. The van der Waals surface area contributed by atoms with Crippen molar-refractivity contribution in [2.24, 2.45) is 0 Å². The van der Waals surface area contributed by atoms with E-state index in [1.165, 1.54) is 12.1 Å². The summed E-state index contributed by atoms with van der Waals surface area (Å²) in [5, 5.41) is 1.23. The van der Waals surface area contributed by atoms with Crippen molar-refractivity contribution < 1.29 is 40.5 Å². The lowest BCUT2D eigenvalue weighted by molar-refractivity contribution is -0.137. The Hall–Kier alpha value is -2.63. The second kappa shape index (κ2) is 7.96. The second-order valence-electron chi connectivity index (χ2n) is 8.85. The van der Waals surface area contributed by atoms with Gasteiger partial charge in [0.2, 0.25) is 0 Å². The molecule has 1 aromatic heterocycles. The van der Waals surface area contributed by atoms with Gasteiger partial charge in [-0.1, -0.05) is 23.7 Å². The summed E-state index contributed by atoms with van der Waals surface area (Å²) in [7, 11) is -1.03. The molecule has 3 aromatic rings. The number of benzene rings is 2. The summed E-state index contributed by atoms with van der Waals surface area (Å²) in [6.45, 7) is 7.22. The van der Waals surface area contributed by atoms with Crippen molar-refractivity contribution in [1.29, 1.82) is 0 Å². The summed E-state index contributed by atoms with van der Waals surface area (Å²) in [5.41, 5.74) is -3.95. The Morgan fingerprint density at radius 3 is 2.26 bits per heavy atom. The number of amides is 1. The summed E-state index contributed by atoms with van der Waals surface area (Å²) in [4.78, 5) is 12.7. The molecular formula is C22H18BClF5NO4. The van der Waals surface area contributed by atoms with Crippen LogP contribution in [0.25, 0.3) is 11.0 Å². The number of nitrogens with one attached hydrogen (secondary N) is 1. The molecular weight excluding hydrogens is 484 g/mol. The van der Waals surface area contributed by atoms with Gasteiger partial charge in [-0.2, -0.15) is 13.2 Å². The van der Waals surface area contributed by atoms with Crippen molar-refractivity contribution >= 4 is 46.7 Å². The highest BCUT2D eigenvalue weighted by Gasteiger charge is 2.52. The third kappa shape index (κ3) is 4.05. The smallest absolute Gasteiger partial charge is 0.460 e. The van der Waals surface area contributed by atoms with Crippen LogP contribution in [0.5, 0.6) is 0 Å². The molecule has 1 amide bonds. The number of carbonyl (C=O) groups is 1. The number of fused-ring (bicyclic) bond motifs is 1. The van der Waals surface area contributed by atoms with E-state index in [0.717, 1.165) is 6.26 Å². The standard InChI is InChI=1S/C22H18BClF5NO4/c1-20(2)21(3,4)34-23(33-20)13-6-5-10-11(9-32-18(10)17(13)26)19(31)30-16-7-12(22(27,28)29)14(24)8-15(16)25/h5-9H,1-4H3,(H,30,31). The van der Waals surface area contributed by atoms with E-state index in [1.54, 1.807) is 27.7 Å². The van der Waals surface area contributed by atoms with Crippen LogP contribution in [-0.2, 0) is 15.5 Å². The normalized spacial score (nSPS) is 17.4. The number of rotatable bonds is 3. The van der Waals surface area contributed by atoms with Crippen LogP contribution in [-0.4, -0.2) is 24.2 Å². The fourth-order valence-corrected chi connectivity index (χ4v) is 3.72. The number of hydrogen-bond acceptors (Lipinski definition) is 4. The highest BCUT2D eigenvalue weighted by Crippen LogP contribution is 2.39. The molecule has 1 aliphatic rings. The Morgan fingerprint density at radius 2 is 1.68 bits per heavy atom. The number of hydrogen-bond donors (Lipinski definition) is 1. The molecule has 0 saturated carbocycles. The summed E-state index contributed by atoms with van der Waals surface area (Å²) >= 11 is 5.47. The summed E-state index contributed by atoms with van der Waals surface area (Å²) in [6.07, 6.45) is -3.94. The van der Waals surface area contributed by atoms with Crippen molar-refractivity contribution in [3.63, 3.8) is 0 Å². The largest absolute Gasteiger partial charge is 0.498 e. The predicted octanol–water partition coefficient (Wildman–Crippen LogP) is 5.93. The van der Waals surface area contributed by atoms with Crippen molar-refractivity contribution in [1.82, 2.24) is 0 Å². The van der Waals surface area contributed by atoms with Gasteiger partial charge in [-0.05, 0) is 39.8 Å². The molecule has 1 N–H and O–H groups in total. The van der Waals surface area contributed by atoms with Gasteiger partial charge in [0.25, 0.3) is 5.91 Å². The van der Waals surface area contributed by atoms with E-state index in [1.807, 2.05) is 0 Å². The molecule has 2 heterocycles. The first-order valence-electron chi connectivity index (χ1n) is 10.1. The van der Waals surface area contributed by atoms with Gasteiger partial charge in [0.1, 0.15) is 12.1 Å². The molecule has 5 nitrogen and oxygen atoms in total. The molecule has 0 unspecified atom stereocenters. The van der Waals surface area contributed by atoms with Crippen molar-refractivity contribution in [3.8, 4) is 0 Å². The fourth-order valence-electron chi connectivity index (χ4n) is 3.46. The predicted molar refractivity (Wildman–Crippen MR) is 116 cm³/mol. The van der Waals surface area contributed by atoms with Gasteiger partial charge in [0.05, 0.1) is 33.0 Å². The summed E-state index contributed by atoms with van der Waals surface area (Å²) < 4.78 is 85.6. The minimum absolute atomic E-state index is 0.0284. The Labute approximate surface area is 196 Å². The minimum Gasteiger partial charge on any atom is -0.460 e. The van der Waals surface area contributed by atoms with Gasteiger partial charge < -0.3 is 19.0 Å². The summed E-state index contributed by atoms with van der Waals surface area (Å²) in [6, 6.07) is 3.58. The van der Waals surface area contributed by atoms with Crippen LogP contribution in [0.15, 0.2) is 34.9 Å². The van der Waals surface area contributed by atoms with Crippen molar-refractivity contribution in [2.45, 2.75) is 45.1 Å². The van der Waals surface area contributed by atoms with Crippen LogP contribution in [0.3, 0.4) is 0 Å². The molecule has 12 heteroatoms. The Balaban J connectivity index is 1.66. The van der Waals surface area contributed by atoms with Gasteiger partial charge in [0.15, 0.2) is 11.4 Å². The van der Waals surface area contributed by atoms with E-state index in [9.17, 15) is 22.4 Å². The average molecular weight is 502 g/mol. The molecule has 0 atom stereocenters. The quantitative estimate of drug-likeness (QED) is 0.357. The molecule has 180 valence electrons. The molecule has 0 radical (unpaired) electrons. The van der Waals surface area contributed by atoms with E-state index in [0.29, 0.717) is 12.1 Å². The molecule has 0 spiro atoms. The monoisotopic (exact) mass is 501 g/mol. The molecule has 0 aliphatic carbocycles. The first-order valence-corrected chi connectivity index (χ1v) is 10.4. The number of alkyl halides is 3. The first kappa shape index (κ1) is 24.5. The van der Waals surface area contributed by atoms with E-state index in [-0.39, 0.29) is 22.0 Å². The van der Waals surface area contributed by atoms with E-state index < -0.39 is 58.3 Å². The maximum absolute atomic E-state index is 15.2. The van der Waals surface area contributed by atoms with Gasteiger partial charge >= 0.3 is 13.3 Å². The van der Waals surface area contributed by atoms with E-state index >= 15 is 4.39 Å². The van der Waals surface area contributed by atoms with Gasteiger partial charge in [-0.3, -0.25) is 4.79 Å². The molecule has 1 aliphatic heterocycles. The highest BCUT2D eigenvalue weighted by atomic mass is 35.5. The van der Waals surface area contributed by atoms with Gasteiger partial charge in [-0.25, -0.2) is 8.78 Å². The topological polar surface area (TPSA) is 60.7 Å². The van der Waals surface area contributed by atoms with Crippen LogP contribution >= 0.6 is 11.6 Å². The third-order valence-corrected chi connectivity index (χ3v) is 6.39. The molecule has 34 heavy (non-hydrogen) atoms. The number of furan rings is 1. The summed E-state index contributed by atoms with van der Waals surface area (Å²) in [5.74, 6) is -3.00. The van der Waals surface area contributed by atoms with E-state index in [2.05, 4.69) is 5.32 Å². The van der Waals surface area contributed by atoms with Crippen LogP contribution in [0.4, 0.5) is 27.6 Å². The average Bonchev–Trinajstić information content (AvgIpc) is 3.21. The lowest BCUT2D eigenvalue weighted by Gasteiger charge is -2.32. The van der Waals surface area contributed by atoms with Crippen molar-refractivity contribution in [2.75, 3.05) is 5.32 Å². The number of anilines is 1. The fraction of sp³-hybridized carbons (Fsp3) is 0.318. The molecule has 4 rings (SSSR count). The van der Waals surface area contributed by atoms with Crippen LogP contribution in [0, 0.1) is 11.6 Å². The molecule has 1 saturated heterocycles. The zero-order valence-corrected chi connectivity index (χ0v) is 19.1. The maximum atomic E-state index is 15.2. The van der Waals surface area contributed by atoms with Crippen molar-refractivity contribution in [3.05, 3.63) is 58.3 Å². The minimum atomic E-state index is -4.86. The SMILES string of the molecule is CC1(C)OB(c2ccc3c(C(=O)Nc4cc(C(F)(F)F)c(Cl)cc4F)coc3c2F)OC1(C)C. The maximum Gasteiger partial charge on any atom is 0.498 e. The molecule has 1 fully saturated rings. The lowest BCUT2D eigenvalue weighted by atomic mass is 9.78. The van der Waals surface area contributed by atoms with Crippen LogP contribution < -0.4 is 10.8 Å². The number of halogens is 6. The number of carbonyl (C=O) groups excluding carboxylic acids is 1. The third-order valence-electron chi connectivity index (χ3n) is 6.07. The molecule has 0 bridgehead atoms. The Kier molecular flexibility index (Phi) is 5.74. The van der Waals surface area contributed by atoms with Gasteiger partial charge in [0, 0.05) is 10.8 Å². The van der Waals surface area contributed by atoms with Crippen LogP contribution in [0.2, 0.25) is 5.02 Å². The first-order chi connectivity index (χ1) is 15.6. The Bertz CT molecular complexity index is 1290. The van der Waals surface area contributed by atoms with Crippen LogP contribution in [0.1, 0.15) is 43.6 Å². The van der Waals surface area contributed by atoms with Gasteiger partial charge in [-0.15, -0.1) is 0 Å². The molecule has 2 aromatic carbocycles. The zero-order chi connectivity index (χ0) is 25.2. The zero-order valence-electron chi connectivity index (χ0n) is 18.4. The Morgan fingerprint density at radius 1 is 1.06 bits per heavy atom. The van der Waals surface area contributed by atoms with E-state index in [4.69, 9.17) is 25.3 Å².